The van der Waals surface area contributed by atoms with Crippen LogP contribution in [0.25, 0.3) is 0 Å². The molecule has 11 heteroatoms. The Balaban J connectivity index is 1.85. The molecule has 0 bridgehead atoms. The molecule has 0 radical (unpaired) electrons. The molecule has 1 heterocycles. The fourth-order valence-electron chi connectivity index (χ4n) is 3.34. The number of anilines is 1. The second-order valence-electron chi connectivity index (χ2n) is 7.39. The molecular weight excluding hydrogens is 447 g/mol. The van der Waals surface area contributed by atoms with Gasteiger partial charge in [0.2, 0.25) is 10.0 Å². The summed E-state index contributed by atoms with van der Waals surface area (Å²) in [6.45, 7) is 0.947. The van der Waals surface area contributed by atoms with E-state index in [1.165, 1.54) is 46.8 Å². The third-order valence-electron chi connectivity index (χ3n) is 5.03. The Bertz CT molecular complexity index is 1130. The zero-order valence-electron chi connectivity index (χ0n) is 17.2. The molecule has 172 valence electrons. The number of nitrogens with zero attached hydrogens (tertiary/aromatic N) is 1. The molecule has 0 spiro atoms. The third-order valence-corrected chi connectivity index (χ3v) is 6.92. The summed E-state index contributed by atoms with van der Waals surface area (Å²) in [6.07, 6.45) is -3.04. The van der Waals surface area contributed by atoms with E-state index in [1.807, 2.05) is 0 Å². The highest BCUT2D eigenvalue weighted by molar-refractivity contribution is 7.89. The van der Waals surface area contributed by atoms with Crippen LogP contribution in [-0.4, -0.2) is 50.3 Å². The zero-order valence-corrected chi connectivity index (χ0v) is 18.0. The summed E-state index contributed by atoms with van der Waals surface area (Å²) < 4.78 is 64.3. The van der Waals surface area contributed by atoms with Crippen LogP contribution < -0.4 is 10.6 Å². The lowest BCUT2D eigenvalue weighted by Crippen LogP contribution is -2.34. The topological polar surface area (TPSA) is 95.6 Å². The molecule has 0 atom stereocenters. The maximum atomic E-state index is 12.9. The number of rotatable bonds is 6. The van der Waals surface area contributed by atoms with Crippen LogP contribution in [0.2, 0.25) is 0 Å². The summed E-state index contributed by atoms with van der Waals surface area (Å²) in [4.78, 5) is 25.1. The minimum atomic E-state index is -4.58. The molecule has 2 aromatic carbocycles. The van der Waals surface area contributed by atoms with Crippen molar-refractivity contribution in [3.05, 3.63) is 59.2 Å². The van der Waals surface area contributed by atoms with E-state index in [9.17, 15) is 31.2 Å². The number of halogens is 3. The van der Waals surface area contributed by atoms with Crippen LogP contribution >= 0.6 is 0 Å². The normalized spacial score (nSPS) is 14.9. The van der Waals surface area contributed by atoms with Gasteiger partial charge in [0.1, 0.15) is 6.54 Å². The van der Waals surface area contributed by atoms with Crippen molar-refractivity contribution in [1.29, 1.82) is 0 Å². The van der Waals surface area contributed by atoms with Gasteiger partial charge in [0, 0.05) is 18.7 Å². The Morgan fingerprint density at radius 1 is 1.00 bits per heavy atom. The lowest BCUT2D eigenvalue weighted by atomic mass is 10.1. The van der Waals surface area contributed by atoms with E-state index in [4.69, 9.17) is 0 Å². The molecule has 1 aliphatic heterocycles. The van der Waals surface area contributed by atoms with Crippen molar-refractivity contribution >= 4 is 27.5 Å². The van der Waals surface area contributed by atoms with Gasteiger partial charge in [-0.25, -0.2) is 8.42 Å². The number of hydrogen-bond donors (Lipinski definition) is 2. The Hall–Kier alpha value is -2.92. The highest BCUT2D eigenvalue weighted by atomic mass is 32.2. The van der Waals surface area contributed by atoms with Crippen molar-refractivity contribution in [1.82, 2.24) is 9.62 Å². The van der Waals surface area contributed by atoms with Crippen LogP contribution in [0, 0.1) is 6.92 Å². The second-order valence-corrected chi connectivity index (χ2v) is 9.32. The number of sulfonamides is 1. The largest absolute Gasteiger partial charge is 0.405 e. The van der Waals surface area contributed by atoms with Gasteiger partial charge in [-0.2, -0.15) is 17.5 Å². The van der Waals surface area contributed by atoms with Crippen molar-refractivity contribution in [3.63, 3.8) is 0 Å². The van der Waals surface area contributed by atoms with Crippen molar-refractivity contribution in [3.8, 4) is 0 Å². The first-order valence-electron chi connectivity index (χ1n) is 9.85. The average Bonchev–Trinajstić information content (AvgIpc) is 3.28. The SMILES string of the molecule is Cc1ccc(S(=O)(=O)N2CCCC2)cc1C(=O)Nc1ccccc1C(=O)NCC(F)(F)F. The fraction of sp³-hybridized carbons (Fsp3) is 0.333. The van der Waals surface area contributed by atoms with Crippen LogP contribution in [0.1, 0.15) is 39.1 Å². The van der Waals surface area contributed by atoms with Gasteiger partial charge in [0.25, 0.3) is 11.8 Å². The number of hydrogen-bond acceptors (Lipinski definition) is 4. The van der Waals surface area contributed by atoms with E-state index < -0.39 is 34.6 Å². The maximum Gasteiger partial charge on any atom is 0.405 e. The number of carbonyl (C=O) groups is 2. The highest BCUT2D eigenvalue weighted by Crippen LogP contribution is 2.24. The first kappa shape index (κ1) is 23.7. The number of nitrogens with one attached hydrogen (secondary N) is 2. The van der Waals surface area contributed by atoms with Gasteiger partial charge >= 0.3 is 6.18 Å². The molecule has 2 amide bonds. The molecule has 0 saturated carbocycles. The lowest BCUT2D eigenvalue weighted by molar-refractivity contribution is -0.123. The molecule has 1 aliphatic rings. The number of amides is 2. The maximum absolute atomic E-state index is 12.9. The first-order valence-corrected chi connectivity index (χ1v) is 11.3. The van der Waals surface area contributed by atoms with Crippen molar-refractivity contribution < 1.29 is 31.2 Å². The van der Waals surface area contributed by atoms with Crippen LogP contribution in [0.15, 0.2) is 47.4 Å². The Kier molecular flexibility index (Phi) is 6.89. The quantitative estimate of drug-likeness (QED) is 0.679. The van der Waals surface area contributed by atoms with Crippen molar-refractivity contribution in [2.45, 2.75) is 30.8 Å². The molecule has 0 aromatic heterocycles. The molecule has 2 N–H and O–H groups in total. The zero-order chi connectivity index (χ0) is 23.5. The predicted octanol–water partition coefficient (Wildman–Crippen LogP) is 3.32. The number of alkyl halides is 3. The number of aryl methyl sites for hydroxylation is 1. The van der Waals surface area contributed by atoms with Gasteiger partial charge in [-0.05, 0) is 49.6 Å². The summed E-state index contributed by atoms with van der Waals surface area (Å²) in [5.41, 5.74) is 0.436. The van der Waals surface area contributed by atoms with E-state index in [2.05, 4.69) is 5.32 Å². The molecule has 7 nitrogen and oxygen atoms in total. The average molecular weight is 469 g/mol. The summed E-state index contributed by atoms with van der Waals surface area (Å²) in [6, 6.07) is 9.83. The lowest BCUT2D eigenvalue weighted by Gasteiger charge is -2.17. The monoisotopic (exact) mass is 469 g/mol. The molecular formula is C21H22F3N3O4S. The smallest absolute Gasteiger partial charge is 0.343 e. The van der Waals surface area contributed by atoms with E-state index in [0.717, 1.165) is 12.8 Å². The van der Waals surface area contributed by atoms with E-state index in [-0.39, 0.29) is 21.7 Å². The minimum absolute atomic E-state index is 0.00405. The summed E-state index contributed by atoms with van der Waals surface area (Å²) in [5.74, 6) is -1.68. The minimum Gasteiger partial charge on any atom is -0.343 e. The molecule has 1 saturated heterocycles. The van der Waals surface area contributed by atoms with Gasteiger partial charge in [-0.15, -0.1) is 0 Å². The predicted molar refractivity (Wildman–Crippen MR) is 112 cm³/mol. The Morgan fingerprint density at radius 3 is 2.31 bits per heavy atom. The summed E-state index contributed by atoms with van der Waals surface area (Å²) in [7, 11) is -3.74. The van der Waals surface area contributed by atoms with E-state index in [1.54, 1.807) is 12.2 Å². The molecule has 32 heavy (non-hydrogen) atoms. The third kappa shape index (κ3) is 5.46. The first-order chi connectivity index (χ1) is 15.0. The van der Waals surface area contributed by atoms with Gasteiger partial charge in [-0.3, -0.25) is 9.59 Å². The van der Waals surface area contributed by atoms with Crippen LogP contribution in [0.4, 0.5) is 18.9 Å². The van der Waals surface area contributed by atoms with Crippen LogP contribution in [0.3, 0.4) is 0 Å². The molecule has 1 fully saturated rings. The molecule has 0 unspecified atom stereocenters. The van der Waals surface area contributed by atoms with Crippen molar-refractivity contribution in [2.24, 2.45) is 0 Å². The number of benzene rings is 2. The highest BCUT2D eigenvalue weighted by Gasteiger charge is 2.29. The number of para-hydroxylation sites is 1. The standard InChI is InChI=1S/C21H22F3N3O4S/c1-14-8-9-15(32(30,31)27-10-4-5-11-27)12-17(14)20(29)26-18-7-3-2-6-16(18)19(28)25-13-21(22,23)24/h2-3,6-9,12H,4-5,10-11,13H2,1H3,(H,25,28)(H,26,29). The van der Waals surface area contributed by atoms with Gasteiger partial charge < -0.3 is 10.6 Å². The van der Waals surface area contributed by atoms with Gasteiger partial charge in [-0.1, -0.05) is 18.2 Å². The molecule has 2 aromatic rings. The Labute approximate surface area is 183 Å². The van der Waals surface area contributed by atoms with Gasteiger partial charge in [0.15, 0.2) is 0 Å². The Morgan fingerprint density at radius 2 is 1.66 bits per heavy atom. The van der Waals surface area contributed by atoms with Crippen LogP contribution in [-0.2, 0) is 10.0 Å². The summed E-state index contributed by atoms with van der Waals surface area (Å²) >= 11 is 0. The molecule has 3 rings (SSSR count). The number of carbonyl (C=O) groups excluding carboxylic acids is 2. The van der Waals surface area contributed by atoms with E-state index in [0.29, 0.717) is 18.7 Å². The molecule has 0 aliphatic carbocycles. The van der Waals surface area contributed by atoms with Crippen LogP contribution in [0.5, 0.6) is 0 Å². The summed E-state index contributed by atoms with van der Waals surface area (Å²) in [5, 5.41) is 4.27. The fourth-order valence-corrected chi connectivity index (χ4v) is 4.88. The van der Waals surface area contributed by atoms with Crippen molar-refractivity contribution in [2.75, 3.05) is 25.0 Å². The van der Waals surface area contributed by atoms with Gasteiger partial charge in [0.05, 0.1) is 16.1 Å². The van der Waals surface area contributed by atoms with E-state index >= 15 is 0 Å². The second kappa shape index (κ2) is 9.29.